The molecule has 20 heavy (non-hydrogen) atoms. The van der Waals surface area contributed by atoms with Crippen LogP contribution in [0.4, 0.5) is 0 Å². The molecule has 0 unspecified atom stereocenters. The quantitative estimate of drug-likeness (QED) is 0.466. The van der Waals surface area contributed by atoms with E-state index in [2.05, 4.69) is 15.0 Å². The van der Waals surface area contributed by atoms with Gasteiger partial charge in [-0.05, 0) is 0 Å². The molecule has 1 aliphatic heterocycles. The van der Waals surface area contributed by atoms with Gasteiger partial charge in [0.1, 0.15) is 30.2 Å². The van der Waals surface area contributed by atoms with Crippen molar-refractivity contribution in [3.05, 3.63) is 12.7 Å². The molecule has 4 atom stereocenters. The molecule has 0 radical (unpaired) electrons. The van der Waals surface area contributed by atoms with Crippen LogP contribution in [0.1, 0.15) is 6.23 Å². The summed E-state index contributed by atoms with van der Waals surface area (Å²) in [5, 5.41) is 40.1. The van der Waals surface area contributed by atoms with E-state index in [-0.39, 0.29) is 40.7 Å². The molecular weight excluding hydrogens is 279 g/mol. The van der Waals surface area contributed by atoms with Gasteiger partial charge in [0.15, 0.2) is 11.9 Å². The van der Waals surface area contributed by atoms with Crippen LogP contribution >= 0.6 is 0 Å². The van der Waals surface area contributed by atoms with E-state index in [1.807, 2.05) is 0 Å². The normalized spacial score (nSPS) is 29.6. The summed E-state index contributed by atoms with van der Waals surface area (Å²) in [7, 11) is 0. The number of ether oxygens (including phenoxy) is 1. The number of hydrogen-bond acceptors (Lipinski definition) is 8. The standard InChI is InChI=1S/C10H12N4O5.Na/c15-1-4-6(16)7(17)10(19-4)14-3-13-5-8(14)11-2-12-9(5)18;/h2-4,6-7,10,15-17H,1H2,(H,11,12,18);/q;+1/p-1/t4-,6-,7-,10-;/m1./s1. The number of imidazole rings is 1. The summed E-state index contributed by atoms with van der Waals surface area (Å²) >= 11 is 0. The summed E-state index contributed by atoms with van der Waals surface area (Å²) in [4.78, 5) is 11.3. The maximum absolute atomic E-state index is 11.5. The van der Waals surface area contributed by atoms with E-state index >= 15 is 0 Å². The molecule has 0 spiro atoms. The summed E-state index contributed by atoms with van der Waals surface area (Å²) in [6.07, 6.45) is -1.97. The summed E-state index contributed by atoms with van der Waals surface area (Å²) in [6.45, 7) is -0.427. The van der Waals surface area contributed by atoms with Crippen molar-refractivity contribution in [2.24, 2.45) is 0 Å². The summed E-state index contributed by atoms with van der Waals surface area (Å²) in [5.74, 6) is -0.532. The van der Waals surface area contributed by atoms with E-state index in [0.717, 1.165) is 6.33 Å². The van der Waals surface area contributed by atoms with Gasteiger partial charge in [0.25, 0.3) is 0 Å². The van der Waals surface area contributed by atoms with Crippen molar-refractivity contribution in [2.45, 2.75) is 24.5 Å². The second kappa shape index (κ2) is 5.90. The van der Waals surface area contributed by atoms with Crippen LogP contribution in [-0.4, -0.2) is 59.8 Å². The van der Waals surface area contributed by atoms with Gasteiger partial charge in [0.05, 0.1) is 12.9 Å². The first-order valence-corrected chi connectivity index (χ1v) is 5.60. The summed E-state index contributed by atoms with van der Waals surface area (Å²) in [5.41, 5.74) is 0.259. The molecule has 3 rings (SSSR count). The topological polar surface area (TPSA) is 137 Å². The average Bonchev–Trinajstić information content (AvgIpc) is 2.94. The molecule has 1 fully saturated rings. The number of hydrogen-bond donors (Lipinski definition) is 3. The molecular formula is C10H11N4NaO5. The molecule has 1 aliphatic rings. The van der Waals surface area contributed by atoms with Crippen LogP contribution in [0, 0.1) is 0 Å². The van der Waals surface area contributed by atoms with Gasteiger partial charge in [0.2, 0.25) is 0 Å². The van der Waals surface area contributed by atoms with Gasteiger partial charge in [-0.1, -0.05) is 0 Å². The van der Waals surface area contributed by atoms with E-state index in [9.17, 15) is 15.3 Å². The van der Waals surface area contributed by atoms with E-state index in [1.165, 1.54) is 10.9 Å². The van der Waals surface area contributed by atoms with Crippen LogP contribution < -0.4 is 34.7 Å². The third-order valence-electron chi connectivity index (χ3n) is 3.12. The molecule has 0 aromatic carbocycles. The second-order valence-electron chi connectivity index (χ2n) is 4.23. The van der Waals surface area contributed by atoms with Crippen molar-refractivity contribution < 1.29 is 54.7 Å². The SMILES string of the molecule is [Na+].[O-]c1ncnc2c1ncn2[C@@H]1O[C@H](CO)[C@@H](O)[C@H]1O. The largest absolute Gasteiger partial charge is 1.00 e. The Balaban J connectivity index is 0.00000147. The molecule has 3 heterocycles. The minimum atomic E-state index is -1.25. The average molecular weight is 290 g/mol. The zero-order chi connectivity index (χ0) is 13.6. The Morgan fingerprint density at radius 1 is 1.25 bits per heavy atom. The maximum atomic E-state index is 11.5. The van der Waals surface area contributed by atoms with Crippen LogP contribution in [0.25, 0.3) is 11.2 Å². The molecule has 9 nitrogen and oxygen atoms in total. The van der Waals surface area contributed by atoms with E-state index in [4.69, 9.17) is 9.84 Å². The molecule has 0 amide bonds. The minimum absolute atomic E-state index is 0. The third kappa shape index (κ3) is 2.31. The van der Waals surface area contributed by atoms with Gasteiger partial charge >= 0.3 is 29.6 Å². The van der Waals surface area contributed by atoms with E-state index in [1.54, 1.807) is 0 Å². The summed E-state index contributed by atoms with van der Waals surface area (Å²) < 4.78 is 6.67. The Morgan fingerprint density at radius 3 is 2.65 bits per heavy atom. The Morgan fingerprint density at radius 2 is 2.00 bits per heavy atom. The van der Waals surface area contributed by atoms with Gasteiger partial charge in [-0.2, -0.15) is 0 Å². The predicted octanol–water partition coefficient (Wildman–Crippen LogP) is -5.48. The van der Waals surface area contributed by atoms with Crippen LogP contribution in [0.2, 0.25) is 0 Å². The smallest absolute Gasteiger partial charge is 0.857 e. The molecule has 0 saturated carbocycles. The van der Waals surface area contributed by atoms with Crippen LogP contribution in [0.15, 0.2) is 12.7 Å². The zero-order valence-corrected chi connectivity index (χ0v) is 12.6. The van der Waals surface area contributed by atoms with Gasteiger partial charge in [-0.25, -0.2) is 9.97 Å². The zero-order valence-electron chi connectivity index (χ0n) is 10.6. The van der Waals surface area contributed by atoms with Crippen LogP contribution in [-0.2, 0) is 4.74 Å². The number of aliphatic hydroxyl groups excluding tert-OH is 3. The second-order valence-corrected chi connectivity index (χ2v) is 4.23. The molecule has 0 aliphatic carbocycles. The Bertz CT molecular complexity index is 608. The number of aromatic nitrogens is 4. The number of nitrogens with zero attached hydrogens (tertiary/aromatic N) is 4. The molecule has 1 saturated heterocycles. The summed E-state index contributed by atoms with van der Waals surface area (Å²) in [6, 6.07) is 0. The van der Waals surface area contributed by atoms with Gasteiger partial charge in [-0.15, -0.1) is 0 Å². The van der Waals surface area contributed by atoms with Crippen LogP contribution in [0.5, 0.6) is 5.88 Å². The van der Waals surface area contributed by atoms with Gasteiger partial charge in [-0.3, -0.25) is 9.55 Å². The molecule has 10 heteroatoms. The van der Waals surface area contributed by atoms with E-state index in [0.29, 0.717) is 0 Å². The van der Waals surface area contributed by atoms with Crippen molar-refractivity contribution >= 4 is 11.2 Å². The first-order valence-electron chi connectivity index (χ1n) is 5.60. The van der Waals surface area contributed by atoms with Crippen molar-refractivity contribution in [1.82, 2.24) is 19.5 Å². The monoisotopic (exact) mass is 290 g/mol. The number of fused-ring (bicyclic) bond motifs is 1. The number of rotatable bonds is 2. The van der Waals surface area contributed by atoms with Crippen molar-refractivity contribution in [3.63, 3.8) is 0 Å². The van der Waals surface area contributed by atoms with Crippen molar-refractivity contribution in [2.75, 3.05) is 6.61 Å². The van der Waals surface area contributed by atoms with E-state index < -0.39 is 37.0 Å². The first kappa shape index (κ1) is 15.6. The molecule has 102 valence electrons. The number of aliphatic hydroxyl groups is 3. The molecule has 2 aromatic heterocycles. The molecule has 0 bridgehead atoms. The minimum Gasteiger partial charge on any atom is -0.857 e. The van der Waals surface area contributed by atoms with Crippen LogP contribution in [0.3, 0.4) is 0 Å². The Kier molecular flexibility index (Phi) is 4.59. The first-order chi connectivity index (χ1) is 9.13. The Hall–Kier alpha value is -0.810. The predicted molar refractivity (Wildman–Crippen MR) is 57.8 cm³/mol. The fourth-order valence-corrected chi connectivity index (χ4v) is 2.13. The molecule has 2 aromatic rings. The fourth-order valence-electron chi connectivity index (χ4n) is 2.13. The van der Waals surface area contributed by atoms with Gasteiger partial charge < -0.3 is 25.2 Å². The van der Waals surface area contributed by atoms with Gasteiger partial charge in [0, 0.05) is 5.88 Å². The third-order valence-corrected chi connectivity index (χ3v) is 3.12. The maximum Gasteiger partial charge on any atom is 1.00 e. The Labute approximate surface area is 135 Å². The fraction of sp³-hybridized carbons (Fsp3) is 0.500. The van der Waals surface area contributed by atoms with Crippen molar-refractivity contribution in [1.29, 1.82) is 0 Å². The van der Waals surface area contributed by atoms with Crippen molar-refractivity contribution in [3.8, 4) is 5.88 Å². The molecule has 3 N–H and O–H groups in total.